The van der Waals surface area contributed by atoms with Crippen molar-refractivity contribution in [2.24, 2.45) is 20.4 Å². The van der Waals surface area contributed by atoms with Gasteiger partial charge in [0.05, 0.1) is 18.7 Å². The monoisotopic (exact) mass is 194 g/mol. The van der Waals surface area contributed by atoms with Crippen molar-refractivity contribution in [1.29, 1.82) is 0 Å². The zero-order chi connectivity index (χ0) is 9.90. The minimum Gasteiger partial charge on any atom is -0.496 e. The first-order valence-electron chi connectivity index (χ1n) is 3.96. The number of nitrogens with zero attached hydrogens (tertiary/aromatic N) is 4. The molecule has 0 aromatic heterocycles. The van der Waals surface area contributed by atoms with Crippen molar-refractivity contribution in [2.45, 2.75) is 0 Å². The molecule has 0 bridgehead atoms. The first-order valence-corrected chi connectivity index (χ1v) is 3.96. The van der Waals surface area contributed by atoms with E-state index in [0.717, 1.165) is 0 Å². The van der Waals surface area contributed by atoms with Crippen molar-refractivity contribution in [3.05, 3.63) is 24.8 Å². The van der Waals surface area contributed by atoms with Gasteiger partial charge in [-0.1, -0.05) is 0 Å². The maximum atomic E-state index is 5.02. The molecule has 1 aliphatic rings. The zero-order valence-corrected chi connectivity index (χ0v) is 7.48. The van der Waals surface area contributed by atoms with Crippen LogP contribution in [-0.4, -0.2) is 25.8 Å². The van der Waals surface area contributed by atoms with Crippen LogP contribution >= 0.6 is 0 Å². The predicted molar refractivity (Wildman–Crippen MR) is 52.0 cm³/mol. The van der Waals surface area contributed by atoms with Gasteiger partial charge in [0.25, 0.3) is 0 Å². The van der Waals surface area contributed by atoms with E-state index in [4.69, 9.17) is 9.47 Å². The van der Waals surface area contributed by atoms with Gasteiger partial charge >= 0.3 is 0 Å². The Hall–Kier alpha value is -1.98. The van der Waals surface area contributed by atoms with Gasteiger partial charge in [-0.2, -0.15) is 10.2 Å². The third-order valence-corrected chi connectivity index (χ3v) is 1.10. The highest BCUT2D eigenvalue weighted by atomic mass is 16.5. The normalized spacial score (nSPS) is 28.6. The van der Waals surface area contributed by atoms with Crippen LogP contribution < -0.4 is 0 Å². The predicted octanol–water partition coefficient (Wildman–Crippen LogP) is 1.48. The number of azo groups is 1. The fraction of sp³-hybridized carbons (Fsp3) is 0.250. The van der Waals surface area contributed by atoms with Crippen LogP contribution in [0.5, 0.6) is 0 Å². The number of hydrogen-bond donors (Lipinski definition) is 0. The number of hydrogen-bond acceptors (Lipinski definition) is 6. The second kappa shape index (κ2) is 7.66. The second-order valence-electron chi connectivity index (χ2n) is 2.08. The van der Waals surface area contributed by atoms with Gasteiger partial charge in [-0.05, 0) is 6.08 Å². The van der Waals surface area contributed by atoms with Crippen molar-refractivity contribution in [2.75, 3.05) is 13.2 Å². The molecule has 0 N–H and O–H groups in total. The second-order valence-corrected chi connectivity index (χ2v) is 2.08. The van der Waals surface area contributed by atoms with Gasteiger partial charge in [-0.25, -0.2) is 0 Å². The van der Waals surface area contributed by atoms with E-state index < -0.39 is 0 Å². The first kappa shape index (κ1) is 10.1. The standard InChI is InChI=1S/C8H10N4O2/c1-4-13-6-2-9-11-8-12-10-3-7-14-5-1/h1-4,7-8H,5-6H2/b4-1-,7-3-,9-2+,11-8-,12-10+. The summed E-state index contributed by atoms with van der Waals surface area (Å²) < 4.78 is 10.0. The van der Waals surface area contributed by atoms with Gasteiger partial charge in [0, 0.05) is 0 Å². The van der Waals surface area contributed by atoms with Crippen LogP contribution in [0, 0.1) is 0 Å². The molecule has 0 amide bonds. The van der Waals surface area contributed by atoms with Gasteiger partial charge in [-0.15, -0.1) is 10.2 Å². The molecule has 0 radical (unpaired) electrons. The number of ether oxygens (including phenoxy) is 2. The summed E-state index contributed by atoms with van der Waals surface area (Å²) in [6.45, 7) is 0.790. The van der Waals surface area contributed by atoms with Crippen LogP contribution in [0.4, 0.5) is 0 Å². The summed E-state index contributed by atoms with van der Waals surface area (Å²) in [6.07, 6.45) is 8.84. The van der Waals surface area contributed by atoms with Gasteiger partial charge in [0.15, 0.2) is 6.34 Å². The number of rotatable bonds is 0. The first-order chi connectivity index (χ1) is 7.00. The van der Waals surface area contributed by atoms with E-state index in [-0.39, 0.29) is 0 Å². The Kier molecular flexibility index (Phi) is 5.53. The molecular weight excluding hydrogens is 184 g/mol. The summed E-state index contributed by atoms with van der Waals surface area (Å²) >= 11 is 0. The van der Waals surface area contributed by atoms with E-state index in [0.29, 0.717) is 13.2 Å². The van der Waals surface area contributed by atoms with Crippen molar-refractivity contribution in [3.8, 4) is 0 Å². The maximum Gasteiger partial charge on any atom is 0.160 e. The lowest BCUT2D eigenvalue weighted by Crippen LogP contribution is -1.88. The molecule has 0 aromatic carbocycles. The average molecular weight is 194 g/mol. The molecule has 0 unspecified atom stereocenters. The molecule has 0 saturated heterocycles. The quantitative estimate of drug-likeness (QED) is 0.586. The SMILES string of the molecule is C1=C\OC/C=N/N=C\N=N\C=C/OC/1. The van der Waals surface area contributed by atoms with E-state index in [1.165, 1.54) is 31.3 Å². The smallest absolute Gasteiger partial charge is 0.160 e. The van der Waals surface area contributed by atoms with Crippen LogP contribution in [-0.2, 0) is 9.47 Å². The molecule has 0 fully saturated rings. The Bertz CT molecular complexity index is 253. The highest BCUT2D eigenvalue weighted by molar-refractivity contribution is 5.61. The molecule has 1 heterocycles. The molecule has 0 aliphatic carbocycles. The van der Waals surface area contributed by atoms with E-state index in [9.17, 15) is 0 Å². The van der Waals surface area contributed by atoms with E-state index >= 15 is 0 Å². The van der Waals surface area contributed by atoms with Crippen molar-refractivity contribution in [3.63, 3.8) is 0 Å². The summed E-state index contributed by atoms with van der Waals surface area (Å²) in [5.74, 6) is 0. The Morgan fingerprint density at radius 1 is 0.929 bits per heavy atom. The van der Waals surface area contributed by atoms with Crippen LogP contribution in [0.25, 0.3) is 0 Å². The van der Waals surface area contributed by atoms with Gasteiger partial charge in [0.2, 0.25) is 0 Å². The zero-order valence-electron chi connectivity index (χ0n) is 7.48. The summed E-state index contributed by atoms with van der Waals surface area (Å²) in [7, 11) is 0. The summed E-state index contributed by atoms with van der Waals surface area (Å²) in [6, 6.07) is 0. The molecule has 0 spiro atoms. The molecule has 74 valence electrons. The highest BCUT2D eigenvalue weighted by Gasteiger charge is 1.77. The highest BCUT2D eigenvalue weighted by Crippen LogP contribution is 1.84. The molecule has 6 nitrogen and oxygen atoms in total. The summed E-state index contributed by atoms with van der Waals surface area (Å²) in [5.41, 5.74) is 0. The van der Waals surface area contributed by atoms with Crippen LogP contribution in [0.15, 0.2) is 45.2 Å². The lowest BCUT2D eigenvalue weighted by molar-refractivity contribution is 0.271. The molecule has 0 saturated carbocycles. The minimum absolute atomic E-state index is 0.362. The van der Waals surface area contributed by atoms with E-state index in [2.05, 4.69) is 20.4 Å². The molecule has 1 rings (SSSR count). The third-order valence-electron chi connectivity index (χ3n) is 1.10. The minimum atomic E-state index is 0.362. The van der Waals surface area contributed by atoms with Gasteiger partial charge in [-0.3, -0.25) is 0 Å². The molecule has 1 aliphatic heterocycles. The van der Waals surface area contributed by atoms with E-state index in [1.807, 2.05) is 0 Å². The molecule has 6 heteroatoms. The summed E-state index contributed by atoms with van der Waals surface area (Å²) in [5, 5.41) is 14.4. The van der Waals surface area contributed by atoms with Gasteiger partial charge in [0.1, 0.15) is 19.5 Å². The van der Waals surface area contributed by atoms with Gasteiger partial charge < -0.3 is 9.47 Å². The lowest BCUT2D eigenvalue weighted by atomic mass is 10.7. The average Bonchev–Trinajstić information content (AvgIpc) is 2.22. The Labute approximate surface area is 81.3 Å². The molecule has 0 aromatic rings. The topological polar surface area (TPSA) is 67.9 Å². The molecule has 14 heavy (non-hydrogen) atoms. The largest absolute Gasteiger partial charge is 0.496 e. The van der Waals surface area contributed by atoms with Crippen LogP contribution in [0.1, 0.15) is 0 Å². The van der Waals surface area contributed by atoms with Crippen molar-refractivity contribution < 1.29 is 9.47 Å². The lowest BCUT2D eigenvalue weighted by Gasteiger charge is -1.94. The van der Waals surface area contributed by atoms with Crippen molar-refractivity contribution >= 4 is 12.6 Å². The Balaban J connectivity index is 2.46. The molecule has 0 atom stereocenters. The van der Waals surface area contributed by atoms with Crippen LogP contribution in [0.2, 0.25) is 0 Å². The van der Waals surface area contributed by atoms with Crippen LogP contribution in [0.3, 0.4) is 0 Å². The Morgan fingerprint density at radius 2 is 1.86 bits per heavy atom. The Morgan fingerprint density at radius 3 is 2.86 bits per heavy atom. The summed E-state index contributed by atoms with van der Waals surface area (Å²) in [4.78, 5) is 0. The third kappa shape index (κ3) is 5.64. The fourth-order valence-electron chi connectivity index (χ4n) is 0.589. The van der Waals surface area contributed by atoms with E-state index in [1.54, 1.807) is 6.08 Å². The maximum absolute atomic E-state index is 5.02. The molecular formula is C8H10N4O2. The van der Waals surface area contributed by atoms with Crippen molar-refractivity contribution in [1.82, 2.24) is 0 Å². The fourth-order valence-corrected chi connectivity index (χ4v) is 0.589.